The highest BCUT2D eigenvalue weighted by atomic mass is 35.5. The van der Waals surface area contributed by atoms with E-state index < -0.39 is 30.5 Å². The Morgan fingerprint density at radius 3 is 2.45 bits per heavy atom. The third kappa shape index (κ3) is 6.55. The van der Waals surface area contributed by atoms with Crippen molar-refractivity contribution in [1.29, 1.82) is 0 Å². The van der Waals surface area contributed by atoms with Crippen molar-refractivity contribution in [3.05, 3.63) is 60.6 Å². The van der Waals surface area contributed by atoms with Gasteiger partial charge >= 0.3 is 18.4 Å². The molecule has 3 aromatic heterocycles. The number of hydrogen-bond acceptors (Lipinski definition) is 5. The molecule has 15 heteroatoms. The van der Waals surface area contributed by atoms with Crippen molar-refractivity contribution in [3.8, 4) is 22.5 Å². The third-order valence-electron chi connectivity index (χ3n) is 6.18. The Labute approximate surface area is 229 Å². The van der Waals surface area contributed by atoms with Gasteiger partial charge in [0.15, 0.2) is 0 Å². The molecular formula is C25H22ClF6N7O. The Balaban J connectivity index is 0.00000370. The minimum Gasteiger partial charge on any atom is -0.351 e. The maximum atomic E-state index is 13.8. The fraction of sp³-hybridized carbons (Fsp3) is 0.280. The number of fused-ring (bicyclic) bond motifs is 1. The zero-order chi connectivity index (χ0) is 27.8. The Kier molecular flexibility index (Phi) is 8.10. The first-order valence-corrected chi connectivity index (χ1v) is 11.9. The van der Waals surface area contributed by atoms with E-state index in [9.17, 15) is 31.1 Å². The molecule has 212 valence electrons. The molecule has 0 atom stereocenters. The van der Waals surface area contributed by atoms with Gasteiger partial charge in [-0.25, -0.2) is 19.7 Å². The van der Waals surface area contributed by atoms with Crippen LogP contribution in [-0.2, 0) is 6.18 Å². The van der Waals surface area contributed by atoms with Gasteiger partial charge in [0.05, 0.1) is 17.6 Å². The van der Waals surface area contributed by atoms with E-state index >= 15 is 0 Å². The first-order valence-electron chi connectivity index (χ1n) is 11.9. The summed E-state index contributed by atoms with van der Waals surface area (Å²) >= 11 is 0. The van der Waals surface area contributed by atoms with Crippen LogP contribution in [-0.4, -0.2) is 44.1 Å². The van der Waals surface area contributed by atoms with Gasteiger partial charge in [0.2, 0.25) is 5.95 Å². The zero-order valence-corrected chi connectivity index (χ0v) is 21.3. The summed E-state index contributed by atoms with van der Waals surface area (Å²) in [4.78, 5) is 24.2. The van der Waals surface area contributed by atoms with Gasteiger partial charge in [0.1, 0.15) is 17.8 Å². The summed E-state index contributed by atoms with van der Waals surface area (Å²) in [6.45, 7) is -1.48. The molecular weight excluding hydrogens is 564 g/mol. The molecule has 0 radical (unpaired) electrons. The maximum absolute atomic E-state index is 13.8. The predicted octanol–water partition coefficient (Wildman–Crippen LogP) is 6.55. The molecule has 3 N–H and O–H groups in total. The van der Waals surface area contributed by atoms with E-state index in [2.05, 4.69) is 25.6 Å². The summed E-state index contributed by atoms with van der Waals surface area (Å²) in [6, 6.07) is 8.39. The molecule has 4 aromatic rings. The number of nitrogens with zero attached hydrogens (tertiary/aromatic N) is 4. The quantitative estimate of drug-likeness (QED) is 0.223. The van der Waals surface area contributed by atoms with Gasteiger partial charge in [-0.05, 0) is 43.5 Å². The van der Waals surface area contributed by atoms with Gasteiger partial charge in [-0.15, -0.1) is 12.4 Å². The highest BCUT2D eigenvalue weighted by Crippen LogP contribution is 2.37. The van der Waals surface area contributed by atoms with Crippen molar-refractivity contribution in [2.75, 3.05) is 17.2 Å². The second-order valence-corrected chi connectivity index (χ2v) is 9.02. The number of aromatic nitrogens is 4. The lowest BCUT2D eigenvalue weighted by atomic mass is 9.93. The van der Waals surface area contributed by atoms with Gasteiger partial charge in [0, 0.05) is 35.2 Å². The highest BCUT2D eigenvalue weighted by Gasteiger charge is 2.36. The molecule has 2 amide bonds. The van der Waals surface area contributed by atoms with Crippen LogP contribution in [0.4, 0.5) is 42.8 Å². The first-order chi connectivity index (χ1) is 18.5. The molecule has 0 aliphatic heterocycles. The summed E-state index contributed by atoms with van der Waals surface area (Å²) in [6.07, 6.45) is -2.57. The Morgan fingerprint density at radius 1 is 1.00 bits per heavy atom. The van der Waals surface area contributed by atoms with E-state index in [1.54, 1.807) is 28.0 Å². The van der Waals surface area contributed by atoms with E-state index in [0.29, 0.717) is 16.9 Å². The molecule has 1 aliphatic carbocycles. The maximum Gasteiger partial charge on any atom is 0.419 e. The number of rotatable bonds is 6. The second kappa shape index (κ2) is 11.2. The highest BCUT2D eigenvalue weighted by molar-refractivity contribution is 5.90. The average molecular weight is 586 g/mol. The monoisotopic (exact) mass is 585 g/mol. The summed E-state index contributed by atoms with van der Waals surface area (Å²) in [5.41, 5.74) is 0.631. The van der Waals surface area contributed by atoms with Gasteiger partial charge in [-0.1, -0.05) is 12.1 Å². The number of alkyl halides is 6. The van der Waals surface area contributed by atoms with E-state index in [0.717, 1.165) is 25.5 Å². The number of benzene rings is 1. The molecule has 3 heterocycles. The topological polar surface area (TPSA) is 96.2 Å². The van der Waals surface area contributed by atoms with Crippen LogP contribution in [0.1, 0.15) is 24.8 Å². The molecule has 0 bridgehead atoms. The molecule has 1 saturated carbocycles. The lowest BCUT2D eigenvalue weighted by Gasteiger charge is -2.26. The number of hydrogen-bond donors (Lipinski definition) is 3. The van der Waals surface area contributed by atoms with Crippen LogP contribution >= 0.6 is 12.4 Å². The molecule has 1 fully saturated rings. The Hall–Kier alpha value is -4.07. The average Bonchev–Trinajstić information content (AvgIpc) is 3.27. The third-order valence-corrected chi connectivity index (χ3v) is 6.18. The van der Waals surface area contributed by atoms with Crippen LogP contribution in [0.15, 0.2) is 55.0 Å². The molecule has 1 aromatic carbocycles. The van der Waals surface area contributed by atoms with Crippen LogP contribution in [0, 0.1) is 0 Å². The van der Waals surface area contributed by atoms with Crippen LogP contribution in [0.5, 0.6) is 0 Å². The second-order valence-electron chi connectivity index (χ2n) is 9.02. The largest absolute Gasteiger partial charge is 0.419 e. The minimum atomic E-state index is -4.67. The van der Waals surface area contributed by atoms with Crippen molar-refractivity contribution in [1.82, 2.24) is 24.7 Å². The van der Waals surface area contributed by atoms with Crippen LogP contribution in [0.25, 0.3) is 28.2 Å². The van der Waals surface area contributed by atoms with E-state index in [4.69, 9.17) is 0 Å². The van der Waals surface area contributed by atoms with E-state index in [-0.39, 0.29) is 41.3 Å². The minimum absolute atomic E-state index is 0. The molecule has 5 rings (SSSR count). The molecule has 40 heavy (non-hydrogen) atoms. The molecule has 8 nitrogen and oxygen atoms in total. The Bertz CT molecular complexity index is 1520. The lowest BCUT2D eigenvalue weighted by Crippen LogP contribution is -2.36. The number of urea groups is 1. The number of carbonyl (C=O) groups excluding carboxylic acids is 1. The van der Waals surface area contributed by atoms with E-state index in [1.165, 1.54) is 30.5 Å². The number of halogens is 7. The van der Waals surface area contributed by atoms with Gasteiger partial charge in [-0.3, -0.25) is 4.40 Å². The van der Waals surface area contributed by atoms with Crippen molar-refractivity contribution >= 4 is 35.7 Å². The normalized spacial score (nSPS) is 13.8. The fourth-order valence-corrected chi connectivity index (χ4v) is 4.07. The van der Waals surface area contributed by atoms with Crippen molar-refractivity contribution in [2.45, 2.75) is 37.7 Å². The van der Waals surface area contributed by atoms with Crippen LogP contribution in [0.2, 0.25) is 0 Å². The van der Waals surface area contributed by atoms with Gasteiger partial charge in [-0.2, -0.15) is 26.3 Å². The summed E-state index contributed by atoms with van der Waals surface area (Å²) in [5, 5.41) is 7.12. The molecule has 0 saturated heterocycles. The summed E-state index contributed by atoms with van der Waals surface area (Å²) < 4.78 is 80.0. The molecule has 0 unspecified atom stereocenters. The van der Waals surface area contributed by atoms with Crippen LogP contribution < -0.4 is 16.0 Å². The summed E-state index contributed by atoms with van der Waals surface area (Å²) in [5.74, 6) is 0.121. The molecule has 1 aliphatic rings. The lowest BCUT2D eigenvalue weighted by molar-refractivity contribution is -0.137. The number of imidazole rings is 1. The fourth-order valence-electron chi connectivity index (χ4n) is 4.07. The Morgan fingerprint density at radius 2 is 1.77 bits per heavy atom. The predicted molar refractivity (Wildman–Crippen MR) is 138 cm³/mol. The van der Waals surface area contributed by atoms with Crippen molar-refractivity contribution in [3.63, 3.8) is 0 Å². The van der Waals surface area contributed by atoms with Gasteiger partial charge in [0.25, 0.3) is 0 Å². The number of pyridine rings is 1. The van der Waals surface area contributed by atoms with Crippen LogP contribution in [0.3, 0.4) is 0 Å². The van der Waals surface area contributed by atoms with E-state index in [1.807, 2.05) is 0 Å². The summed E-state index contributed by atoms with van der Waals surface area (Å²) in [7, 11) is 0. The number of nitrogens with one attached hydrogen (secondary N) is 3. The smallest absolute Gasteiger partial charge is 0.351 e. The zero-order valence-electron chi connectivity index (χ0n) is 20.5. The van der Waals surface area contributed by atoms with Gasteiger partial charge < -0.3 is 16.0 Å². The molecule has 0 spiro atoms. The standard InChI is InChI=1S/C25H21F6N7O.ClH/c26-24(27,28)13-34-23(39)36-17-6-1-3-14(9-17)19-12-32-20-10-15(7-8-38(19)20)21-18(25(29,30)31)11-33-22(37-21)35-16-4-2-5-16;/h1,3,6-12,16H,2,4-5,13H2,(H,33,35,37)(H2,34,36,39);1H. The number of anilines is 2. The SMILES string of the molecule is Cl.O=C(NCC(F)(F)F)Nc1cccc(-c2cnc3cc(-c4nc(NC5CCC5)ncc4C(F)(F)F)ccn23)c1. The van der Waals surface area contributed by atoms with Crippen molar-refractivity contribution < 1.29 is 31.1 Å². The first kappa shape index (κ1) is 28.9. The van der Waals surface area contributed by atoms with Crippen molar-refractivity contribution in [2.24, 2.45) is 0 Å². The number of amides is 2. The number of carbonyl (C=O) groups is 1.